The van der Waals surface area contributed by atoms with Crippen molar-refractivity contribution in [3.8, 4) is 0 Å². The molecule has 1 aliphatic carbocycles. The molecule has 1 atom stereocenters. The van der Waals surface area contributed by atoms with Crippen LogP contribution in [-0.4, -0.2) is 19.6 Å². The molecule has 0 amide bonds. The first-order valence-corrected chi connectivity index (χ1v) is 9.81. The van der Waals surface area contributed by atoms with Gasteiger partial charge in [0.15, 0.2) is 5.82 Å². The minimum absolute atomic E-state index is 0.349. The molecular formula is C21H23F4N5. The van der Waals surface area contributed by atoms with Crippen LogP contribution < -0.4 is 5.32 Å². The van der Waals surface area contributed by atoms with E-state index < -0.39 is 29.0 Å². The lowest BCUT2D eigenvalue weighted by Crippen LogP contribution is -2.27. The molecule has 0 bridgehead atoms. The zero-order valence-electron chi connectivity index (χ0n) is 17.2. The van der Waals surface area contributed by atoms with Crippen LogP contribution >= 0.6 is 0 Å². The Morgan fingerprint density at radius 1 is 1.10 bits per heavy atom. The van der Waals surface area contributed by atoms with Crippen molar-refractivity contribution < 1.29 is 17.6 Å². The predicted octanol–water partition coefficient (Wildman–Crippen LogP) is 5.67. The van der Waals surface area contributed by atoms with E-state index in [9.17, 15) is 17.6 Å². The average molecular weight is 421 g/mol. The van der Waals surface area contributed by atoms with Gasteiger partial charge in [-0.3, -0.25) is 0 Å². The number of aromatic nitrogens is 4. The Kier molecular flexibility index (Phi) is 4.74. The largest absolute Gasteiger partial charge is 0.419 e. The lowest BCUT2D eigenvalue weighted by atomic mass is 9.82. The smallest absolute Gasteiger partial charge is 0.363 e. The quantitative estimate of drug-likeness (QED) is 0.552. The number of halogens is 4. The van der Waals surface area contributed by atoms with Crippen LogP contribution in [0.4, 0.5) is 23.4 Å². The molecule has 30 heavy (non-hydrogen) atoms. The Morgan fingerprint density at radius 3 is 2.37 bits per heavy atom. The molecule has 1 saturated carbocycles. The van der Waals surface area contributed by atoms with Gasteiger partial charge in [0.25, 0.3) is 5.78 Å². The van der Waals surface area contributed by atoms with E-state index in [2.05, 4.69) is 20.4 Å². The fourth-order valence-corrected chi connectivity index (χ4v) is 3.51. The summed E-state index contributed by atoms with van der Waals surface area (Å²) in [7, 11) is 0. The lowest BCUT2D eigenvalue weighted by Gasteiger charge is -2.33. The molecule has 1 aliphatic rings. The number of fused-ring (bicyclic) bond motifs is 1. The van der Waals surface area contributed by atoms with Crippen molar-refractivity contribution in [3.05, 3.63) is 52.7 Å². The minimum atomic E-state index is -4.73. The van der Waals surface area contributed by atoms with Gasteiger partial charge in [-0.1, -0.05) is 26.8 Å². The summed E-state index contributed by atoms with van der Waals surface area (Å²) in [6, 6.07) is 4.38. The zero-order valence-corrected chi connectivity index (χ0v) is 17.2. The Balaban J connectivity index is 1.75. The molecule has 5 nitrogen and oxygen atoms in total. The maximum atomic E-state index is 14.3. The van der Waals surface area contributed by atoms with Crippen molar-refractivity contribution in [2.75, 3.05) is 5.32 Å². The summed E-state index contributed by atoms with van der Waals surface area (Å²) in [5, 5.41) is 7.92. The highest BCUT2D eigenvalue weighted by Gasteiger charge is 2.36. The molecule has 2 aromatic heterocycles. The van der Waals surface area contributed by atoms with Crippen LogP contribution in [0.5, 0.6) is 0 Å². The van der Waals surface area contributed by atoms with Crippen LogP contribution in [0.2, 0.25) is 0 Å². The molecular weight excluding hydrogens is 398 g/mol. The van der Waals surface area contributed by atoms with E-state index in [-0.39, 0.29) is 0 Å². The summed E-state index contributed by atoms with van der Waals surface area (Å²) in [5.41, 5.74) is -0.564. The summed E-state index contributed by atoms with van der Waals surface area (Å²) < 4.78 is 54.8. The molecule has 1 unspecified atom stereocenters. The number of anilines is 1. The second-order valence-corrected chi connectivity index (χ2v) is 8.92. The maximum absolute atomic E-state index is 14.3. The first-order chi connectivity index (χ1) is 13.9. The van der Waals surface area contributed by atoms with Gasteiger partial charge in [0, 0.05) is 17.7 Å². The summed E-state index contributed by atoms with van der Waals surface area (Å²) in [4.78, 5) is 8.93. The molecule has 3 aromatic rings. The molecule has 1 fully saturated rings. The van der Waals surface area contributed by atoms with E-state index in [1.165, 1.54) is 6.07 Å². The van der Waals surface area contributed by atoms with Crippen LogP contribution in [0.1, 0.15) is 68.2 Å². The molecule has 4 rings (SSSR count). The third kappa shape index (κ3) is 3.97. The third-order valence-electron chi connectivity index (χ3n) is 5.19. The van der Waals surface area contributed by atoms with Crippen LogP contribution in [0.3, 0.4) is 0 Å². The Labute approximate surface area is 171 Å². The van der Waals surface area contributed by atoms with Crippen molar-refractivity contribution in [1.29, 1.82) is 0 Å². The highest BCUT2D eigenvalue weighted by Crippen LogP contribution is 2.40. The van der Waals surface area contributed by atoms with E-state index >= 15 is 0 Å². The van der Waals surface area contributed by atoms with Gasteiger partial charge >= 0.3 is 6.18 Å². The normalized spacial score (nSPS) is 16.1. The van der Waals surface area contributed by atoms with E-state index in [0.29, 0.717) is 23.1 Å². The number of hydrogen-bond donors (Lipinski definition) is 1. The third-order valence-corrected chi connectivity index (χ3v) is 5.19. The van der Waals surface area contributed by atoms with Gasteiger partial charge in [-0.25, -0.2) is 9.37 Å². The number of aryl methyl sites for hydroxylation is 1. The maximum Gasteiger partial charge on any atom is 0.419 e. The van der Waals surface area contributed by atoms with Crippen molar-refractivity contribution in [2.24, 2.45) is 5.41 Å². The predicted molar refractivity (Wildman–Crippen MR) is 105 cm³/mol. The van der Waals surface area contributed by atoms with Gasteiger partial charge in [0.2, 0.25) is 0 Å². The number of hydrogen-bond acceptors (Lipinski definition) is 4. The van der Waals surface area contributed by atoms with E-state index in [1.54, 1.807) is 10.6 Å². The van der Waals surface area contributed by atoms with Crippen molar-refractivity contribution in [1.82, 2.24) is 19.6 Å². The number of rotatable bonds is 4. The average Bonchev–Trinajstić information content (AvgIpc) is 3.37. The van der Waals surface area contributed by atoms with Crippen LogP contribution in [0.25, 0.3) is 5.78 Å². The molecule has 160 valence electrons. The second-order valence-electron chi connectivity index (χ2n) is 8.92. The number of benzene rings is 1. The molecule has 0 spiro atoms. The highest BCUT2D eigenvalue weighted by atomic mass is 19.4. The van der Waals surface area contributed by atoms with Gasteiger partial charge < -0.3 is 5.32 Å². The summed E-state index contributed by atoms with van der Waals surface area (Å²) >= 11 is 0. The molecule has 0 saturated heterocycles. The summed E-state index contributed by atoms with van der Waals surface area (Å²) in [6.45, 7) is 7.63. The Bertz CT molecular complexity index is 1090. The summed E-state index contributed by atoms with van der Waals surface area (Å²) in [5.74, 6) is 0.873. The van der Waals surface area contributed by atoms with Crippen molar-refractivity contribution >= 4 is 11.6 Å². The Morgan fingerprint density at radius 2 is 1.80 bits per heavy atom. The van der Waals surface area contributed by atoms with Crippen LogP contribution in [0, 0.1) is 18.2 Å². The molecule has 1 N–H and O–H groups in total. The topological polar surface area (TPSA) is 55.1 Å². The Hall–Kier alpha value is -2.71. The molecule has 1 aromatic carbocycles. The second kappa shape index (κ2) is 6.92. The SMILES string of the molecule is Cc1cc(NC(c2ccc(C(F)(F)F)c(F)c2)C(C)(C)C)n2nc(C3CC3)nc2n1. The van der Waals surface area contributed by atoms with Gasteiger partial charge in [-0.05, 0) is 42.9 Å². The standard InChI is InChI=1S/C21H23F4N5/c1-11-9-16(30-19(26-11)28-18(29-30)12-5-6-12)27-17(20(2,3)4)13-7-8-14(15(22)10-13)21(23,24)25/h7-10,12,17,27H,5-6H2,1-4H3. The van der Waals surface area contributed by atoms with E-state index in [1.807, 2.05) is 27.7 Å². The monoisotopic (exact) mass is 421 g/mol. The number of nitrogens with one attached hydrogen (secondary N) is 1. The first kappa shape index (κ1) is 20.6. The fraction of sp³-hybridized carbons (Fsp3) is 0.476. The highest BCUT2D eigenvalue weighted by molar-refractivity contribution is 5.48. The number of alkyl halides is 3. The summed E-state index contributed by atoms with van der Waals surface area (Å²) in [6.07, 6.45) is -2.64. The first-order valence-electron chi connectivity index (χ1n) is 9.81. The van der Waals surface area contributed by atoms with Crippen LogP contribution in [-0.2, 0) is 6.18 Å². The molecule has 0 radical (unpaired) electrons. The molecule has 9 heteroatoms. The van der Waals surface area contributed by atoms with Gasteiger partial charge in [-0.2, -0.15) is 22.7 Å². The fourth-order valence-electron chi connectivity index (χ4n) is 3.51. The van der Waals surface area contributed by atoms with Crippen LogP contribution in [0.15, 0.2) is 24.3 Å². The van der Waals surface area contributed by atoms with E-state index in [0.717, 1.165) is 36.5 Å². The molecule has 2 heterocycles. The van der Waals surface area contributed by atoms with E-state index in [4.69, 9.17) is 0 Å². The van der Waals surface area contributed by atoms with Gasteiger partial charge in [0.05, 0.1) is 11.6 Å². The lowest BCUT2D eigenvalue weighted by molar-refractivity contribution is -0.140. The van der Waals surface area contributed by atoms with Gasteiger partial charge in [-0.15, -0.1) is 5.10 Å². The minimum Gasteiger partial charge on any atom is -0.363 e. The molecule has 0 aliphatic heterocycles. The zero-order chi connectivity index (χ0) is 21.8. The van der Waals surface area contributed by atoms with Gasteiger partial charge in [0.1, 0.15) is 11.6 Å². The number of nitrogens with zero attached hydrogens (tertiary/aromatic N) is 4. The van der Waals surface area contributed by atoms with Crippen molar-refractivity contribution in [3.63, 3.8) is 0 Å². The van der Waals surface area contributed by atoms with Crippen molar-refractivity contribution in [2.45, 2.75) is 58.7 Å².